The maximum absolute atomic E-state index is 13.2. The summed E-state index contributed by atoms with van der Waals surface area (Å²) in [7, 11) is 0. The predicted octanol–water partition coefficient (Wildman–Crippen LogP) is 4.83. The normalized spacial score (nSPS) is 13.9. The van der Waals surface area contributed by atoms with Crippen molar-refractivity contribution in [2.24, 2.45) is 0 Å². The highest BCUT2D eigenvalue weighted by molar-refractivity contribution is 6.31. The monoisotopic (exact) mass is 426 g/mol. The number of ether oxygens (including phenoxy) is 1. The van der Waals surface area contributed by atoms with Gasteiger partial charge in [-0.3, -0.25) is 0 Å². The number of rotatable bonds is 3. The molecule has 1 aromatic carbocycles. The third-order valence-electron chi connectivity index (χ3n) is 4.15. The van der Waals surface area contributed by atoms with Gasteiger partial charge in [0.1, 0.15) is 17.2 Å². The van der Waals surface area contributed by atoms with Crippen LogP contribution in [0.25, 0.3) is 0 Å². The Morgan fingerprint density at radius 1 is 1.32 bits per heavy atom. The highest BCUT2D eigenvalue weighted by Crippen LogP contribution is 2.27. The van der Waals surface area contributed by atoms with Crippen LogP contribution in [-0.4, -0.2) is 33.1 Å². The summed E-state index contributed by atoms with van der Waals surface area (Å²) in [6.45, 7) is 6.59. The number of anilines is 1. The first kappa shape index (κ1) is 20.6. The van der Waals surface area contributed by atoms with Crippen molar-refractivity contribution in [3.63, 3.8) is 0 Å². The maximum Gasteiger partial charge on any atom is 0.410 e. The minimum absolute atomic E-state index is 0.122. The minimum Gasteiger partial charge on any atom is -0.444 e. The molecule has 2 aromatic rings. The second-order valence-electron chi connectivity index (χ2n) is 7.51. The number of carbonyl (C=O) groups excluding carboxylic acids is 1. The SMILES string of the molecule is CC(C)(C)OC(=O)N1CCc2nc(Cl)nc(NCc3ccc(F)cc3Cl)c2C1. The number of halogens is 3. The lowest BCUT2D eigenvalue weighted by atomic mass is 10.1. The van der Waals surface area contributed by atoms with E-state index in [0.717, 1.165) is 11.3 Å². The fourth-order valence-corrected chi connectivity index (χ4v) is 3.28. The van der Waals surface area contributed by atoms with E-state index in [2.05, 4.69) is 15.3 Å². The predicted molar refractivity (Wildman–Crippen MR) is 106 cm³/mol. The topological polar surface area (TPSA) is 67.3 Å². The molecule has 0 saturated carbocycles. The van der Waals surface area contributed by atoms with E-state index in [1.807, 2.05) is 20.8 Å². The van der Waals surface area contributed by atoms with Crippen molar-refractivity contribution in [2.75, 3.05) is 11.9 Å². The van der Waals surface area contributed by atoms with E-state index in [-0.39, 0.29) is 11.4 Å². The van der Waals surface area contributed by atoms with E-state index >= 15 is 0 Å². The van der Waals surface area contributed by atoms with Crippen LogP contribution in [0.1, 0.15) is 37.6 Å². The first-order valence-corrected chi connectivity index (χ1v) is 9.59. The summed E-state index contributed by atoms with van der Waals surface area (Å²) in [5, 5.41) is 3.62. The van der Waals surface area contributed by atoms with Gasteiger partial charge in [-0.2, -0.15) is 0 Å². The fraction of sp³-hybridized carbons (Fsp3) is 0.421. The van der Waals surface area contributed by atoms with Crippen molar-refractivity contribution >= 4 is 35.1 Å². The Labute approximate surface area is 173 Å². The van der Waals surface area contributed by atoms with Gasteiger partial charge in [-0.25, -0.2) is 19.2 Å². The van der Waals surface area contributed by atoms with E-state index in [4.69, 9.17) is 27.9 Å². The van der Waals surface area contributed by atoms with Crippen LogP contribution in [0.15, 0.2) is 18.2 Å². The lowest BCUT2D eigenvalue weighted by Gasteiger charge is -2.31. The lowest BCUT2D eigenvalue weighted by Crippen LogP contribution is -2.40. The van der Waals surface area contributed by atoms with Crippen molar-refractivity contribution in [1.29, 1.82) is 0 Å². The van der Waals surface area contributed by atoms with Gasteiger partial charge in [0, 0.05) is 30.1 Å². The number of hydrogen-bond donors (Lipinski definition) is 1. The van der Waals surface area contributed by atoms with E-state index in [9.17, 15) is 9.18 Å². The van der Waals surface area contributed by atoms with Gasteiger partial charge in [-0.1, -0.05) is 17.7 Å². The molecule has 9 heteroatoms. The van der Waals surface area contributed by atoms with Gasteiger partial charge in [0.05, 0.1) is 12.2 Å². The van der Waals surface area contributed by atoms with Crippen LogP contribution < -0.4 is 5.32 Å². The molecule has 2 heterocycles. The second-order valence-corrected chi connectivity index (χ2v) is 8.25. The fourth-order valence-electron chi connectivity index (χ4n) is 2.86. The van der Waals surface area contributed by atoms with Crippen LogP contribution in [0.2, 0.25) is 10.3 Å². The first-order chi connectivity index (χ1) is 13.1. The van der Waals surface area contributed by atoms with Gasteiger partial charge in [-0.05, 0) is 50.1 Å². The molecule has 1 amide bonds. The van der Waals surface area contributed by atoms with Gasteiger partial charge in [0.25, 0.3) is 0 Å². The van der Waals surface area contributed by atoms with Gasteiger partial charge in [-0.15, -0.1) is 0 Å². The molecule has 1 aromatic heterocycles. The summed E-state index contributed by atoms with van der Waals surface area (Å²) < 4.78 is 18.7. The Morgan fingerprint density at radius 3 is 2.75 bits per heavy atom. The molecule has 1 aliphatic rings. The molecule has 0 aliphatic carbocycles. The molecular weight excluding hydrogens is 406 g/mol. The Morgan fingerprint density at radius 2 is 2.07 bits per heavy atom. The molecular formula is C19H21Cl2FN4O2. The highest BCUT2D eigenvalue weighted by Gasteiger charge is 2.28. The number of carbonyl (C=O) groups is 1. The van der Waals surface area contributed by atoms with Crippen molar-refractivity contribution in [1.82, 2.24) is 14.9 Å². The van der Waals surface area contributed by atoms with Gasteiger partial charge >= 0.3 is 6.09 Å². The molecule has 28 heavy (non-hydrogen) atoms. The zero-order chi connectivity index (χ0) is 20.5. The van der Waals surface area contributed by atoms with Crippen LogP contribution in [0.3, 0.4) is 0 Å². The van der Waals surface area contributed by atoms with Crippen LogP contribution in [0, 0.1) is 5.82 Å². The molecule has 0 spiro atoms. The Kier molecular flexibility index (Phi) is 5.95. The largest absolute Gasteiger partial charge is 0.444 e. The molecule has 3 rings (SSSR count). The summed E-state index contributed by atoms with van der Waals surface area (Å²) >= 11 is 12.1. The quantitative estimate of drug-likeness (QED) is 0.711. The van der Waals surface area contributed by atoms with Crippen molar-refractivity contribution < 1.29 is 13.9 Å². The number of hydrogen-bond acceptors (Lipinski definition) is 5. The number of nitrogens with one attached hydrogen (secondary N) is 1. The minimum atomic E-state index is -0.575. The zero-order valence-electron chi connectivity index (χ0n) is 15.9. The Bertz CT molecular complexity index is 902. The third-order valence-corrected chi connectivity index (χ3v) is 4.67. The molecule has 0 unspecified atom stereocenters. The lowest BCUT2D eigenvalue weighted by molar-refractivity contribution is 0.0223. The summed E-state index contributed by atoms with van der Waals surface area (Å²) in [6, 6.07) is 4.20. The third kappa shape index (κ3) is 5.02. The summed E-state index contributed by atoms with van der Waals surface area (Å²) in [4.78, 5) is 22.6. The van der Waals surface area contributed by atoms with E-state index in [1.165, 1.54) is 12.1 Å². The molecule has 1 aliphatic heterocycles. The second kappa shape index (κ2) is 8.09. The summed E-state index contributed by atoms with van der Waals surface area (Å²) in [5.74, 6) is 0.118. The van der Waals surface area contributed by atoms with Crippen molar-refractivity contribution in [2.45, 2.75) is 45.9 Å². The van der Waals surface area contributed by atoms with Crippen LogP contribution in [0.5, 0.6) is 0 Å². The number of aromatic nitrogens is 2. The standard InChI is InChI=1S/C19H21Cl2FN4O2/c1-19(2,3)28-18(27)26-7-6-15-13(10-26)16(25-17(21)24-15)23-9-11-4-5-12(22)8-14(11)20/h4-5,8H,6-7,9-10H2,1-3H3,(H,23,24,25). The average Bonchev–Trinajstić information content (AvgIpc) is 2.58. The van der Waals surface area contributed by atoms with Crippen molar-refractivity contribution in [3.05, 3.63) is 51.1 Å². The Hall–Kier alpha value is -2.12. The van der Waals surface area contributed by atoms with Crippen molar-refractivity contribution in [3.8, 4) is 0 Å². The van der Waals surface area contributed by atoms with Crippen LogP contribution in [-0.2, 0) is 24.2 Å². The number of amides is 1. The average molecular weight is 427 g/mol. The van der Waals surface area contributed by atoms with E-state index in [1.54, 1.807) is 11.0 Å². The molecule has 6 nitrogen and oxygen atoms in total. The highest BCUT2D eigenvalue weighted by atomic mass is 35.5. The number of benzene rings is 1. The van der Waals surface area contributed by atoms with Crippen LogP contribution in [0.4, 0.5) is 15.0 Å². The van der Waals surface area contributed by atoms with Crippen LogP contribution >= 0.6 is 23.2 Å². The Balaban J connectivity index is 1.80. The van der Waals surface area contributed by atoms with Gasteiger partial charge in [0.15, 0.2) is 0 Å². The molecule has 0 saturated heterocycles. The molecule has 0 bridgehead atoms. The first-order valence-electron chi connectivity index (χ1n) is 8.83. The smallest absolute Gasteiger partial charge is 0.410 e. The molecule has 0 radical (unpaired) electrons. The molecule has 0 atom stereocenters. The zero-order valence-corrected chi connectivity index (χ0v) is 17.4. The summed E-state index contributed by atoms with van der Waals surface area (Å²) in [6.07, 6.45) is 0.156. The molecule has 1 N–H and O–H groups in total. The van der Waals surface area contributed by atoms with E-state index in [0.29, 0.717) is 42.5 Å². The van der Waals surface area contributed by atoms with E-state index < -0.39 is 11.4 Å². The van der Waals surface area contributed by atoms with Gasteiger partial charge < -0.3 is 15.0 Å². The number of nitrogens with zero attached hydrogens (tertiary/aromatic N) is 3. The maximum atomic E-state index is 13.2. The molecule has 150 valence electrons. The van der Waals surface area contributed by atoms with Gasteiger partial charge in [0.2, 0.25) is 5.28 Å². The number of fused-ring (bicyclic) bond motifs is 1. The molecule has 0 fully saturated rings. The summed E-state index contributed by atoms with van der Waals surface area (Å²) in [5.41, 5.74) is 1.70.